The van der Waals surface area contributed by atoms with E-state index in [0.29, 0.717) is 5.69 Å². The lowest BCUT2D eigenvalue weighted by Gasteiger charge is -1.93. The van der Waals surface area contributed by atoms with Crippen LogP contribution in [-0.4, -0.2) is 14.7 Å². The summed E-state index contributed by atoms with van der Waals surface area (Å²) in [6.45, 7) is 1.65. The Balaban J connectivity index is 2.85. The number of aromatic nitrogens is 2. The van der Waals surface area contributed by atoms with Gasteiger partial charge in [0.05, 0.1) is 5.69 Å². The summed E-state index contributed by atoms with van der Waals surface area (Å²) in [6.07, 6.45) is 0. The van der Waals surface area contributed by atoms with Crippen LogP contribution in [0.2, 0.25) is 0 Å². The van der Waals surface area contributed by atoms with Gasteiger partial charge in [0, 0.05) is 12.0 Å². The molecule has 1 aromatic rings. The first-order chi connectivity index (χ1) is 5.09. The van der Waals surface area contributed by atoms with Crippen molar-refractivity contribution in [2.45, 2.75) is 13.5 Å². The second kappa shape index (κ2) is 2.69. The Labute approximate surface area is 63.8 Å². The van der Waals surface area contributed by atoms with Crippen LogP contribution < -0.4 is 0 Å². The molecular weight excluding hydrogens is 146 g/mol. The highest BCUT2D eigenvalue weighted by Crippen LogP contribution is 2.01. The maximum absolute atomic E-state index is 10.1. The van der Waals surface area contributed by atoms with Gasteiger partial charge in [-0.1, -0.05) is 0 Å². The number of hydrogen-bond donors (Lipinski definition) is 0. The lowest BCUT2D eigenvalue weighted by atomic mass is 10.4. The summed E-state index contributed by atoms with van der Waals surface area (Å²) in [7, 11) is 1.70. The van der Waals surface area contributed by atoms with Gasteiger partial charge in [-0.2, -0.15) is 5.10 Å². The molecule has 0 atom stereocenters. The second-order valence-electron chi connectivity index (χ2n) is 2.39. The molecule has 0 fully saturated rings. The zero-order chi connectivity index (χ0) is 8.43. The number of nitro groups is 1. The monoisotopic (exact) mass is 155 g/mol. The highest BCUT2D eigenvalue weighted by molar-refractivity contribution is 5.06. The maximum Gasteiger partial charge on any atom is 0.245 e. The second-order valence-corrected chi connectivity index (χ2v) is 2.39. The van der Waals surface area contributed by atoms with Crippen molar-refractivity contribution >= 4 is 0 Å². The van der Waals surface area contributed by atoms with Crippen molar-refractivity contribution < 1.29 is 4.92 Å². The molecule has 1 rings (SSSR count). The molecule has 0 unspecified atom stereocenters. The molecule has 5 heteroatoms. The van der Waals surface area contributed by atoms with E-state index in [1.54, 1.807) is 13.1 Å². The average molecular weight is 155 g/mol. The Morgan fingerprint density at radius 2 is 2.45 bits per heavy atom. The molecule has 1 aromatic heterocycles. The Kier molecular flexibility index (Phi) is 1.89. The Morgan fingerprint density at radius 1 is 1.82 bits per heavy atom. The summed E-state index contributed by atoms with van der Waals surface area (Å²) in [5.41, 5.74) is 1.44. The molecule has 0 saturated heterocycles. The van der Waals surface area contributed by atoms with Gasteiger partial charge in [-0.05, 0) is 13.0 Å². The van der Waals surface area contributed by atoms with Crippen molar-refractivity contribution in [3.05, 3.63) is 27.6 Å². The van der Waals surface area contributed by atoms with Crippen molar-refractivity contribution in [3.63, 3.8) is 0 Å². The fraction of sp³-hybridized carbons (Fsp3) is 0.500. The van der Waals surface area contributed by atoms with Gasteiger partial charge < -0.3 is 0 Å². The predicted molar refractivity (Wildman–Crippen MR) is 38.6 cm³/mol. The lowest BCUT2D eigenvalue weighted by Crippen LogP contribution is -2.04. The van der Waals surface area contributed by atoms with Crippen molar-refractivity contribution in [2.75, 3.05) is 0 Å². The molecule has 60 valence electrons. The topological polar surface area (TPSA) is 61.0 Å². The molecular formula is C6H9N3O2. The predicted octanol–water partition coefficient (Wildman–Crippen LogP) is 0.505. The van der Waals surface area contributed by atoms with Crippen molar-refractivity contribution in [1.29, 1.82) is 0 Å². The maximum atomic E-state index is 10.1. The zero-order valence-electron chi connectivity index (χ0n) is 6.44. The van der Waals surface area contributed by atoms with E-state index in [1.807, 2.05) is 6.92 Å². The number of aryl methyl sites for hydroxylation is 2. The number of rotatable bonds is 2. The first-order valence-corrected chi connectivity index (χ1v) is 3.21. The van der Waals surface area contributed by atoms with Gasteiger partial charge in [-0.25, -0.2) is 0 Å². The summed E-state index contributed by atoms with van der Waals surface area (Å²) < 4.78 is 1.53. The first kappa shape index (κ1) is 7.71. The number of nitrogens with zero attached hydrogens (tertiary/aromatic N) is 3. The van der Waals surface area contributed by atoms with Crippen LogP contribution >= 0.6 is 0 Å². The van der Waals surface area contributed by atoms with E-state index in [-0.39, 0.29) is 11.5 Å². The highest BCUT2D eigenvalue weighted by atomic mass is 16.6. The van der Waals surface area contributed by atoms with Crippen LogP contribution in [0, 0.1) is 17.0 Å². The molecule has 0 amide bonds. The Hall–Kier alpha value is -1.39. The van der Waals surface area contributed by atoms with Crippen LogP contribution in [0.1, 0.15) is 11.4 Å². The van der Waals surface area contributed by atoms with E-state index < -0.39 is 0 Å². The van der Waals surface area contributed by atoms with E-state index in [4.69, 9.17) is 0 Å². The largest absolute Gasteiger partial charge is 0.266 e. The molecule has 0 aliphatic carbocycles. The highest BCUT2D eigenvalue weighted by Gasteiger charge is 2.06. The van der Waals surface area contributed by atoms with Crippen LogP contribution in [0.5, 0.6) is 0 Å². The summed E-state index contributed by atoms with van der Waals surface area (Å²) in [6, 6.07) is 1.71. The summed E-state index contributed by atoms with van der Waals surface area (Å²) in [5, 5.41) is 14.1. The zero-order valence-corrected chi connectivity index (χ0v) is 6.44. The molecule has 1 heterocycles. The van der Waals surface area contributed by atoms with Gasteiger partial charge in [0.15, 0.2) is 0 Å². The molecule has 0 N–H and O–H groups in total. The van der Waals surface area contributed by atoms with Crippen molar-refractivity contribution in [3.8, 4) is 0 Å². The minimum atomic E-state index is -0.365. The van der Waals surface area contributed by atoms with Gasteiger partial charge >= 0.3 is 0 Å². The van der Waals surface area contributed by atoms with E-state index in [9.17, 15) is 10.1 Å². The molecule has 11 heavy (non-hydrogen) atoms. The molecule has 0 aliphatic rings. The Bertz CT molecular complexity index is 279. The van der Waals surface area contributed by atoms with Gasteiger partial charge in [-0.15, -0.1) is 0 Å². The van der Waals surface area contributed by atoms with E-state index >= 15 is 0 Å². The summed E-state index contributed by atoms with van der Waals surface area (Å²) in [4.78, 5) is 9.73. The Morgan fingerprint density at radius 3 is 2.82 bits per heavy atom. The van der Waals surface area contributed by atoms with Crippen LogP contribution in [0.4, 0.5) is 0 Å². The minimum Gasteiger partial charge on any atom is -0.266 e. The third-order valence-corrected chi connectivity index (χ3v) is 1.39. The standard InChI is InChI=1S/C6H9N3O2/c1-5-3-6(4-9(10)11)8(2)7-5/h3H,4H2,1-2H3. The molecule has 0 spiro atoms. The molecule has 0 aromatic carbocycles. The fourth-order valence-electron chi connectivity index (χ4n) is 0.944. The molecule has 0 saturated carbocycles. The van der Waals surface area contributed by atoms with Crippen molar-refractivity contribution in [1.82, 2.24) is 9.78 Å². The van der Waals surface area contributed by atoms with Crippen LogP contribution in [0.3, 0.4) is 0 Å². The summed E-state index contributed by atoms with van der Waals surface area (Å²) in [5.74, 6) is 0. The van der Waals surface area contributed by atoms with E-state index in [2.05, 4.69) is 5.10 Å². The average Bonchev–Trinajstić information content (AvgIpc) is 2.09. The normalized spacial score (nSPS) is 10.0. The van der Waals surface area contributed by atoms with Crippen molar-refractivity contribution in [2.24, 2.45) is 7.05 Å². The lowest BCUT2D eigenvalue weighted by molar-refractivity contribution is -0.497. The van der Waals surface area contributed by atoms with E-state index in [1.165, 1.54) is 4.68 Å². The van der Waals surface area contributed by atoms with Crippen LogP contribution in [0.15, 0.2) is 6.07 Å². The van der Waals surface area contributed by atoms with Gasteiger partial charge in [0.25, 0.3) is 0 Å². The summed E-state index contributed by atoms with van der Waals surface area (Å²) >= 11 is 0. The smallest absolute Gasteiger partial charge is 0.245 e. The number of hydrogen-bond acceptors (Lipinski definition) is 3. The van der Waals surface area contributed by atoms with Crippen LogP contribution in [0.25, 0.3) is 0 Å². The van der Waals surface area contributed by atoms with Crippen LogP contribution in [-0.2, 0) is 13.6 Å². The fourth-order valence-corrected chi connectivity index (χ4v) is 0.944. The first-order valence-electron chi connectivity index (χ1n) is 3.21. The third-order valence-electron chi connectivity index (χ3n) is 1.39. The molecule has 0 aliphatic heterocycles. The minimum absolute atomic E-state index is 0.155. The molecule has 0 bridgehead atoms. The van der Waals surface area contributed by atoms with Gasteiger partial charge in [0.2, 0.25) is 6.54 Å². The SMILES string of the molecule is Cc1cc(C[N+](=O)[O-])n(C)n1. The van der Waals surface area contributed by atoms with E-state index in [0.717, 1.165) is 5.69 Å². The van der Waals surface area contributed by atoms with Gasteiger partial charge in [-0.3, -0.25) is 14.8 Å². The third kappa shape index (κ3) is 1.76. The van der Waals surface area contributed by atoms with Gasteiger partial charge in [0.1, 0.15) is 5.69 Å². The quantitative estimate of drug-likeness (QED) is 0.461. The molecule has 0 radical (unpaired) electrons. The molecule has 5 nitrogen and oxygen atoms in total.